The molecule has 2 aliphatic heterocycles. The van der Waals surface area contributed by atoms with E-state index in [9.17, 15) is 0 Å². The summed E-state index contributed by atoms with van der Waals surface area (Å²) in [6.07, 6.45) is 5.04. The van der Waals surface area contributed by atoms with Gasteiger partial charge in [-0.15, -0.1) is 0 Å². The molecule has 1 N–H and O–H groups in total. The summed E-state index contributed by atoms with van der Waals surface area (Å²) in [5, 5.41) is 3.60. The van der Waals surface area contributed by atoms with Crippen LogP contribution in [0.3, 0.4) is 0 Å². The highest BCUT2D eigenvalue weighted by Crippen LogP contribution is 2.43. The van der Waals surface area contributed by atoms with Gasteiger partial charge in [0.25, 0.3) is 0 Å². The Kier molecular flexibility index (Phi) is 3.72. The molecule has 2 saturated carbocycles. The van der Waals surface area contributed by atoms with E-state index in [-0.39, 0.29) is 5.54 Å². The monoisotopic (exact) mass is 330 g/mol. The van der Waals surface area contributed by atoms with Crippen LogP contribution in [0.1, 0.15) is 49.0 Å². The molecule has 2 saturated heterocycles. The molecule has 24 heavy (non-hydrogen) atoms. The third-order valence-electron chi connectivity index (χ3n) is 5.72. The number of aromatic nitrogens is 2. The van der Waals surface area contributed by atoms with Gasteiger partial charge in [0.2, 0.25) is 0 Å². The summed E-state index contributed by atoms with van der Waals surface area (Å²) >= 11 is 0. The van der Waals surface area contributed by atoms with Gasteiger partial charge in [0.05, 0.1) is 32.0 Å². The second-order valence-corrected chi connectivity index (χ2v) is 7.75. The molecule has 0 unspecified atom stereocenters. The summed E-state index contributed by atoms with van der Waals surface area (Å²) in [6.45, 7) is 5.93. The Hall–Kier alpha value is -1.24. The standard InChI is InChI=1S/C18H26N4O2/c1-2-13(1)15-9-16(21-17(20-15)14-3-4-14)19-10-18-11-23-7-5-22(18)6-8-24-12-18/h9,13-14H,1-8,10-12H2,(H,19,20,21). The molecule has 6 nitrogen and oxygen atoms in total. The number of hydrogen-bond donors (Lipinski definition) is 1. The van der Waals surface area contributed by atoms with Crippen LogP contribution in [0, 0.1) is 0 Å². The topological polar surface area (TPSA) is 59.5 Å². The Morgan fingerprint density at radius 3 is 2.42 bits per heavy atom. The van der Waals surface area contributed by atoms with Crippen LogP contribution in [-0.2, 0) is 9.47 Å². The lowest BCUT2D eigenvalue weighted by Gasteiger charge is -2.49. The summed E-state index contributed by atoms with van der Waals surface area (Å²) in [7, 11) is 0. The molecule has 0 bridgehead atoms. The molecule has 0 amide bonds. The van der Waals surface area contributed by atoms with Gasteiger partial charge in [-0.25, -0.2) is 9.97 Å². The molecule has 4 aliphatic rings. The quantitative estimate of drug-likeness (QED) is 0.887. The Morgan fingerprint density at radius 2 is 1.75 bits per heavy atom. The third kappa shape index (κ3) is 2.91. The number of anilines is 1. The molecule has 130 valence electrons. The zero-order valence-electron chi connectivity index (χ0n) is 14.2. The van der Waals surface area contributed by atoms with Crippen molar-refractivity contribution in [1.29, 1.82) is 0 Å². The van der Waals surface area contributed by atoms with E-state index in [0.717, 1.165) is 57.7 Å². The van der Waals surface area contributed by atoms with E-state index >= 15 is 0 Å². The van der Waals surface area contributed by atoms with Gasteiger partial charge in [0, 0.05) is 43.2 Å². The fraction of sp³-hybridized carbons (Fsp3) is 0.778. The predicted molar refractivity (Wildman–Crippen MR) is 90.4 cm³/mol. The summed E-state index contributed by atoms with van der Waals surface area (Å²) in [6, 6.07) is 2.16. The van der Waals surface area contributed by atoms with Gasteiger partial charge in [0.15, 0.2) is 0 Å². The first-order chi connectivity index (χ1) is 11.8. The zero-order valence-corrected chi connectivity index (χ0v) is 14.2. The van der Waals surface area contributed by atoms with Crippen molar-refractivity contribution in [2.75, 3.05) is 51.4 Å². The van der Waals surface area contributed by atoms with Crippen molar-refractivity contribution in [3.05, 3.63) is 17.6 Å². The maximum Gasteiger partial charge on any atom is 0.134 e. The smallest absolute Gasteiger partial charge is 0.134 e. The minimum Gasteiger partial charge on any atom is -0.378 e. The lowest BCUT2D eigenvalue weighted by molar-refractivity contribution is -0.135. The molecule has 1 aromatic heterocycles. The molecular formula is C18H26N4O2. The molecule has 5 rings (SSSR count). The highest BCUT2D eigenvalue weighted by molar-refractivity contribution is 5.40. The van der Waals surface area contributed by atoms with Crippen molar-refractivity contribution in [2.45, 2.75) is 43.1 Å². The van der Waals surface area contributed by atoms with Crippen molar-refractivity contribution in [3.63, 3.8) is 0 Å². The molecule has 0 radical (unpaired) electrons. The summed E-state index contributed by atoms with van der Waals surface area (Å²) in [4.78, 5) is 12.1. The van der Waals surface area contributed by atoms with E-state index in [2.05, 4.69) is 16.3 Å². The Labute approximate surface area is 142 Å². The van der Waals surface area contributed by atoms with Crippen LogP contribution >= 0.6 is 0 Å². The molecule has 4 fully saturated rings. The first-order valence-electron chi connectivity index (χ1n) is 9.36. The van der Waals surface area contributed by atoms with E-state index in [1.54, 1.807) is 0 Å². The molecular weight excluding hydrogens is 304 g/mol. The van der Waals surface area contributed by atoms with Crippen LogP contribution in [0.5, 0.6) is 0 Å². The van der Waals surface area contributed by atoms with Crippen molar-refractivity contribution in [3.8, 4) is 0 Å². The fourth-order valence-corrected chi connectivity index (χ4v) is 3.84. The van der Waals surface area contributed by atoms with Gasteiger partial charge in [-0.1, -0.05) is 0 Å². The number of nitrogens with zero attached hydrogens (tertiary/aromatic N) is 3. The average Bonchev–Trinajstić information content (AvgIpc) is 3.51. The second kappa shape index (κ2) is 5.93. The first kappa shape index (κ1) is 15.0. The maximum atomic E-state index is 5.78. The van der Waals surface area contributed by atoms with E-state index in [1.807, 2.05) is 0 Å². The van der Waals surface area contributed by atoms with E-state index in [4.69, 9.17) is 19.4 Å². The van der Waals surface area contributed by atoms with Gasteiger partial charge < -0.3 is 14.8 Å². The van der Waals surface area contributed by atoms with Crippen LogP contribution in [0.4, 0.5) is 5.82 Å². The average molecular weight is 330 g/mol. The largest absolute Gasteiger partial charge is 0.378 e. The molecule has 1 aromatic rings. The highest BCUT2D eigenvalue weighted by atomic mass is 16.5. The number of fused-ring (bicyclic) bond motifs is 1. The van der Waals surface area contributed by atoms with E-state index < -0.39 is 0 Å². The van der Waals surface area contributed by atoms with Crippen LogP contribution in [0.15, 0.2) is 6.07 Å². The molecule has 0 aromatic carbocycles. The molecule has 3 heterocycles. The van der Waals surface area contributed by atoms with Gasteiger partial charge in [-0.05, 0) is 25.7 Å². The minimum absolute atomic E-state index is 0.0546. The number of rotatable bonds is 5. The number of hydrogen-bond acceptors (Lipinski definition) is 6. The third-order valence-corrected chi connectivity index (χ3v) is 5.72. The summed E-state index contributed by atoms with van der Waals surface area (Å²) < 4.78 is 11.6. The molecule has 6 heteroatoms. The molecule has 0 spiro atoms. The Balaban J connectivity index is 1.35. The van der Waals surface area contributed by atoms with Gasteiger partial charge >= 0.3 is 0 Å². The lowest BCUT2D eigenvalue weighted by Crippen LogP contribution is -2.66. The number of ether oxygens (including phenoxy) is 2. The van der Waals surface area contributed by atoms with Crippen LogP contribution in [0.2, 0.25) is 0 Å². The van der Waals surface area contributed by atoms with E-state index in [0.29, 0.717) is 11.8 Å². The SMILES string of the molecule is c1c(NCC23COCCN2CCOC3)nc(C2CC2)nc1C1CC1. The summed E-state index contributed by atoms with van der Waals surface area (Å²) in [5.74, 6) is 3.29. The highest BCUT2D eigenvalue weighted by Gasteiger charge is 2.42. The molecule has 0 atom stereocenters. The van der Waals surface area contributed by atoms with Crippen LogP contribution in [0.25, 0.3) is 0 Å². The second-order valence-electron chi connectivity index (χ2n) is 7.75. The number of nitrogens with one attached hydrogen (secondary N) is 1. The Morgan fingerprint density at radius 1 is 1.04 bits per heavy atom. The number of morpholine rings is 2. The summed E-state index contributed by atoms with van der Waals surface area (Å²) in [5.41, 5.74) is 1.18. The van der Waals surface area contributed by atoms with Crippen LogP contribution in [-0.4, -0.2) is 66.5 Å². The van der Waals surface area contributed by atoms with Gasteiger partial charge in [0.1, 0.15) is 11.6 Å². The maximum absolute atomic E-state index is 5.78. The van der Waals surface area contributed by atoms with Crippen LogP contribution < -0.4 is 5.32 Å². The van der Waals surface area contributed by atoms with Gasteiger partial charge in [-0.3, -0.25) is 4.90 Å². The van der Waals surface area contributed by atoms with Crippen molar-refractivity contribution < 1.29 is 9.47 Å². The normalized spacial score (nSPS) is 26.8. The minimum atomic E-state index is -0.0546. The van der Waals surface area contributed by atoms with Crippen molar-refractivity contribution in [1.82, 2.24) is 14.9 Å². The lowest BCUT2D eigenvalue weighted by atomic mass is 9.96. The predicted octanol–water partition coefficient (Wildman–Crippen LogP) is 1.74. The molecule has 2 aliphatic carbocycles. The van der Waals surface area contributed by atoms with E-state index in [1.165, 1.54) is 31.4 Å². The first-order valence-corrected chi connectivity index (χ1v) is 9.36. The van der Waals surface area contributed by atoms with Gasteiger partial charge in [-0.2, -0.15) is 0 Å². The zero-order chi connectivity index (χ0) is 16.0. The van der Waals surface area contributed by atoms with Crippen molar-refractivity contribution >= 4 is 5.82 Å². The fourth-order valence-electron chi connectivity index (χ4n) is 3.84. The van der Waals surface area contributed by atoms with Crippen molar-refractivity contribution in [2.24, 2.45) is 0 Å². The Bertz CT molecular complexity index is 573.